The van der Waals surface area contributed by atoms with Crippen LogP contribution in [0.3, 0.4) is 0 Å². The molecular formula is C17H24N2O2. The third-order valence-electron chi connectivity index (χ3n) is 4.10. The fraction of sp³-hybridized carbons (Fsp3) is 0.529. The van der Waals surface area contributed by atoms with Gasteiger partial charge in [0.05, 0.1) is 0 Å². The minimum atomic E-state index is -0.0946. The number of hydrogen-bond donors (Lipinski definition) is 2. The lowest BCUT2D eigenvalue weighted by Crippen LogP contribution is -2.41. The Kier molecular flexibility index (Phi) is 6.41. The predicted octanol–water partition coefficient (Wildman–Crippen LogP) is 2.54. The third kappa shape index (κ3) is 5.31. The maximum Gasteiger partial charge on any atom is 0.244 e. The summed E-state index contributed by atoms with van der Waals surface area (Å²) in [5.74, 6) is 0.407. The highest BCUT2D eigenvalue weighted by Crippen LogP contribution is 2.27. The molecule has 2 N–H and O–H groups in total. The second-order valence-corrected chi connectivity index (χ2v) is 5.65. The second-order valence-electron chi connectivity index (χ2n) is 5.65. The summed E-state index contributed by atoms with van der Waals surface area (Å²) >= 11 is 0. The van der Waals surface area contributed by atoms with E-state index in [0.29, 0.717) is 12.3 Å². The molecule has 1 atom stereocenters. The molecule has 1 aromatic rings. The molecule has 1 heterocycles. The molecule has 1 unspecified atom stereocenters. The van der Waals surface area contributed by atoms with Crippen molar-refractivity contribution in [1.82, 2.24) is 10.3 Å². The van der Waals surface area contributed by atoms with Gasteiger partial charge in [-0.3, -0.25) is 9.78 Å². The van der Waals surface area contributed by atoms with Crippen molar-refractivity contribution in [3.8, 4) is 0 Å². The highest BCUT2D eigenvalue weighted by Gasteiger charge is 2.23. The maximum atomic E-state index is 12.0. The number of amides is 1. The third-order valence-corrected chi connectivity index (χ3v) is 4.10. The normalized spacial score (nSPS) is 17.8. The van der Waals surface area contributed by atoms with Gasteiger partial charge in [-0.1, -0.05) is 25.3 Å². The van der Waals surface area contributed by atoms with Crippen molar-refractivity contribution in [2.45, 2.75) is 44.6 Å². The van der Waals surface area contributed by atoms with Crippen LogP contribution in [0.4, 0.5) is 0 Å². The molecule has 21 heavy (non-hydrogen) atoms. The Bertz CT molecular complexity index is 453. The average molecular weight is 288 g/mol. The number of aliphatic hydroxyl groups is 1. The summed E-state index contributed by atoms with van der Waals surface area (Å²) in [5, 5.41) is 12.3. The van der Waals surface area contributed by atoms with Crippen LogP contribution in [0.5, 0.6) is 0 Å². The van der Waals surface area contributed by atoms with Gasteiger partial charge in [-0.25, -0.2) is 0 Å². The maximum absolute atomic E-state index is 12.0. The summed E-state index contributed by atoms with van der Waals surface area (Å²) in [6.45, 7) is 0.119. The molecule has 0 aliphatic heterocycles. The first-order valence-corrected chi connectivity index (χ1v) is 7.79. The number of nitrogens with zero attached hydrogens (tertiary/aromatic N) is 1. The van der Waals surface area contributed by atoms with E-state index in [9.17, 15) is 9.90 Å². The van der Waals surface area contributed by atoms with Gasteiger partial charge < -0.3 is 10.4 Å². The molecule has 2 rings (SSSR count). The molecule has 114 valence electrons. The first-order chi connectivity index (χ1) is 10.3. The van der Waals surface area contributed by atoms with Gasteiger partial charge in [-0.15, -0.1) is 0 Å². The Labute approximate surface area is 126 Å². The van der Waals surface area contributed by atoms with Crippen LogP contribution < -0.4 is 5.32 Å². The van der Waals surface area contributed by atoms with Gasteiger partial charge in [0.15, 0.2) is 0 Å². The molecule has 1 fully saturated rings. The van der Waals surface area contributed by atoms with Gasteiger partial charge in [0.1, 0.15) is 0 Å². The fourth-order valence-electron chi connectivity index (χ4n) is 2.98. The second kappa shape index (κ2) is 8.57. The summed E-state index contributed by atoms with van der Waals surface area (Å²) in [6, 6.07) is 3.83. The number of aliphatic hydroxyl groups excluding tert-OH is 1. The van der Waals surface area contributed by atoms with Crippen LogP contribution in [0.15, 0.2) is 30.6 Å². The van der Waals surface area contributed by atoms with Crippen LogP contribution >= 0.6 is 0 Å². The molecule has 0 aromatic carbocycles. The van der Waals surface area contributed by atoms with E-state index in [1.54, 1.807) is 24.5 Å². The van der Waals surface area contributed by atoms with Gasteiger partial charge in [0.2, 0.25) is 5.91 Å². The fourth-order valence-corrected chi connectivity index (χ4v) is 2.98. The molecule has 0 saturated heterocycles. The molecule has 4 nitrogen and oxygen atoms in total. The molecule has 0 spiro atoms. The topological polar surface area (TPSA) is 62.2 Å². The number of carbonyl (C=O) groups is 1. The number of pyridine rings is 1. The molecule has 1 aromatic heterocycles. The van der Waals surface area contributed by atoms with Gasteiger partial charge in [-0.2, -0.15) is 0 Å². The molecule has 1 aliphatic carbocycles. The number of rotatable bonds is 6. The van der Waals surface area contributed by atoms with E-state index in [2.05, 4.69) is 10.3 Å². The van der Waals surface area contributed by atoms with E-state index in [1.807, 2.05) is 12.1 Å². The molecular weight excluding hydrogens is 264 g/mol. The van der Waals surface area contributed by atoms with E-state index in [-0.39, 0.29) is 18.6 Å². The van der Waals surface area contributed by atoms with Crippen LogP contribution in [-0.4, -0.2) is 28.6 Å². The van der Waals surface area contributed by atoms with Crippen LogP contribution in [0.2, 0.25) is 0 Å². The smallest absolute Gasteiger partial charge is 0.244 e. The quantitative estimate of drug-likeness (QED) is 0.791. The Morgan fingerprint density at radius 3 is 2.90 bits per heavy atom. The lowest BCUT2D eigenvalue weighted by molar-refractivity contribution is -0.117. The van der Waals surface area contributed by atoms with Crippen molar-refractivity contribution in [1.29, 1.82) is 0 Å². The van der Waals surface area contributed by atoms with E-state index in [4.69, 9.17) is 0 Å². The zero-order chi connectivity index (χ0) is 14.9. The van der Waals surface area contributed by atoms with Crippen molar-refractivity contribution in [2.75, 3.05) is 6.61 Å². The summed E-state index contributed by atoms with van der Waals surface area (Å²) in [6.07, 6.45) is 13.4. The molecule has 0 radical (unpaired) electrons. The molecule has 4 heteroatoms. The number of nitrogens with one attached hydrogen (secondary N) is 1. The van der Waals surface area contributed by atoms with E-state index in [1.165, 1.54) is 19.3 Å². The SMILES string of the molecule is O=C(/C=C/c1cccnc1)NC(CCO)C1CCCCC1. The number of aromatic nitrogens is 1. The van der Waals surface area contributed by atoms with E-state index >= 15 is 0 Å². The van der Waals surface area contributed by atoms with Crippen molar-refractivity contribution in [2.24, 2.45) is 5.92 Å². The van der Waals surface area contributed by atoms with E-state index < -0.39 is 0 Å². The van der Waals surface area contributed by atoms with Crippen LogP contribution in [0.1, 0.15) is 44.1 Å². The highest BCUT2D eigenvalue weighted by atomic mass is 16.3. The van der Waals surface area contributed by atoms with Crippen LogP contribution in [0, 0.1) is 5.92 Å². The van der Waals surface area contributed by atoms with E-state index in [0.717, 1.165) is 18.4 Å². The number of carbonyl (C=O) groups excluding carboxylic acids is 1. The van der Waals surface area contributed by atoms with Crippen molar-refractivity contribution < 1.29 is 9.90 Å². The highest BCUT2D eigenvalue weighted by molar-refractivity contribution is 5.91. The first-order valence-electron chi connectivity index (χ1n) is 7.79. The van der Waals surface area contributed by atoms with Gasteiger partial charge in [-0.05, 0) is 42.9 Å². The Morgan fingerprint density at radius 1 is 1.43 bits per heavy atom. The summed E-state index contributed by atoms with van der Waals surface area (Å²) in [4.78, 5) is 16.1. The minimum Gasteiger partial charge on any atom is -0.396 e. The lowest BCUT2D eigenvalue weighted by Gasteiger charge is -2.30. The van der Waals surface area contributed by atoms with Crippen LogP contribution in [-0.2, 0) is 4.79 Å². The standard InChI is InChI=1S/C17H24N2O2/c20-12-10-16(15-6-2-1-3-7-15)19-17(21)9-8-14-5-4-11-18-13-14/h4-5,8-9,11,13,15-16,20H,1-3,6-7,10,12H2,(H,19,21)/b9-8+. The molecule has 1 amide bonds. The summed E-state index contributed by atoms with van der Waals surface area (Å²) < 4.78 is 0. The molecule has 0 bridgehead atoms. The first kappa shape index (κ1) is 15.7. The monoisotopic (exact) mass is 288 g/mol. The zero-order valence-corrected chi connectivity index (χ0v) is 12.4. The van der Waals surface area contributed by atoms with Gasteiger partial charge in [0, 0.05) is 31.1 Å². The van der Waals surface area contributed by atoms with Gasteiger partial charge >= 0.3 is 0 Å². The molecule has 1 saturated carbocycles. The van der Waals surface area contributed by atoms with Crippen molar-refractivity contribution in [3.05, 3.63) is 36.2 Å². The molecule has 1 aliphatic rings. The average Bonchev–Trinajstić information content (AvgIpc) is 2.54. The Morgan fingerprint density at radius 2 is 2.24 bits per heavy atom. The summed E-state index contributed by atoms with van der Waals surface area (Å²) in [5.41, 5.74) is 0.907. The van der Waals surface area contributed by atoms with Crippen molar-refractivity contribution in [3.63, 3.8) is 0 Å². The number of hydrogen-bond acceptors (Lipinski definition) is 3. The lowest BCUT2D eigenvalue weighted by atomic mass is 9.82. The minimum absolute atomic E-state index is 0.0846. The largest absolute Gasteiger partial charge is 0.396 e. The Hall–Kier alpha value is -1.68. The Balaban J connectivity index is 1.89. The van der Waals surface area contributed by atoms with Crippen LogP contribution in [0.25, 0.3) is 6.08 Å². The zero-order valence-electron chi connectivity index (χ0n) is 12.4. The predicted molar refractivity (Wildman–Crippen MR) is 83.5 cm³/mol. The summed E-state index contributed by atoms with van der Waals surface area (Å²) in [7, 11) is 0. The van der Waals surface area contributed by atoms with Gasteiger partial charge in [0.25, 0.3) is 0 Å². The van der Waals surface area contributed by atoms with Crippen molar-refractivity contribution >= 4 is 12.0 Å².